The van der Waals surface area contributed by atoms with Crippen LogP contribution in [0.5, 0.6) is 0 Å². The van der Waals surface area contributed by atoms with Crippen LogP contribution in [0.3, 0.4) is 0 Å². The van der Waals surface area contributed by atoms with Gasteiger partial charge in [-0.2, -0.15) is 9.49 Å². The van der Waals surface area contributed by atoms with Crippen LogP contribution in [0.4, 0.5) is 4.39 Å². The zero-order valence-corrected chi connectivity index (χ0v) is 8.50. The molecule has 2 nitrogen and oxygen atoms in total. The molecule has 0 bridgehead atoms. The Kier molecular flexibility index (Phi) is 2.64. The third-order valence-electron chi connectivity index (χ3n) is 2.44. The number of aromatic nitrogens is 2. The number of rotatable bonds is 1. The van der Waals surface area contributed by atoms with Crippen molar-refractivity contribution in [2.24, 2.45) is 5.41 Å². The lowest BCUT2D eigenvalue weighted by atomic mass is 9.78. The summed E-state index contributed by atoms with van der Waals surface area (Å²) in [5.41, 5.74) is 1.02. The van der Waals surface area contributed by atoms with Crippen molar-refractivity contribution in [3.63, 3.8) is 0 Å². The molecule has 0 aliphatic heterocycles. The second kappa shape index (κ2) is 3.40. The van der Waals surface area contributed by atoms with E-state index in [0.717, 1.165) is 5.56 Å². The predicted octanol–water partition coefficient (Wildman–Crippen LogP) is 2.77. The molecule has 1 heterocycles. The minimum Gasteiger partial charge on any atom is -0.183 e. The highest BCUT2D eigenvalue weighted by Crippen LogP contribution is 2.33. The molecule has 0 aliphatic carbocycles. The minimum atomic E-state index is -0.506. The van der Waals surface area contributed by atoms with Gasteiger partial charge in [-0.15, -0.1) is 5.10 Å². The van der Waals surface area contributed by atoms with Crippen LogP contribution in [0.1, 0.15) is 39.2 Å². The summed E-state index contributed by atoms with van der Waals surface area (Å²) in [6.07, 6.45) is 1.62. The largest absolute Gasteiger partial charge is 0.233 e. The first-order valence-electron chi connectivity index (χ1n) is 4.39. The normalized spacial score (nSPS) is 14.2. The molecule has 1 atom stereocenters. The van der Waals surface area contributed by atoms with Gasteiger partial charge in [0.25, 0.3) is 0 Å². The zero-order chi connectivity index (χ0) is 10.1. The molecule has 72 valence electrons. The summed E-state index contributed by atoms with van der Waals surface area (Å²) in [7, 11) is 0. The van der Waals surface area contributed by atoms with Crippen molar-refractivity contribution in [1.29, 1.82) is 0 Å². The maximum Gasteiger partial charge on any atom is 0.233 e. The third-order valence-corrected chi connectivity index (χ3v) is 2.44. The molecular weight excluding hydrogens is 167 g/mol. The highest BCUT2D eigenvalue weighted by atomic mass is 19.1. The van der Waals surface area contributed by atoms with E-state index in [4.69, 9.17) is 0 Å². The predicted molar refractivity (Wildman–Crippen MR) is 49.9 cm³/mol. The van der Waals surface area contributed by atoms with Gasteiger partial charge in [0.1, 0.15) is 0 Å². The molecule has 13 heavy (non-hydrogen) atoms. The van der Waals surface area contributed by atoms with E-state index in [1.165, 1.54) is 6.07 Å². The van der Waals surface area contributed by atoms with Gasteiger partial charge >= 0.3 is 0 Å². The molecule has 0 aromatic carbocycles. The Balaban J connectivity index is 2.96. The molecular formula is C10H15FN2. The molecule has 3 heteroatoms. The second-order valence-electron chi connectivity index (χ2n) is 4.40. The van der Waals surface area contributed by atoms with E-state index >= 15 is 0 Å². The van der Waals surface area contributed by atoms with Crippen molar-refractivity contribution in [2.45, 2.75) is 33.6 Å². The smallest absolute Gasteiger partial charge is 0.183 e. The first-order valence-corrected chi connectivity index (χ1v) is 4.39. The molecule has 1 unspecified atom stereocenters. The van der Waals surface area contributed by atoms with Gasteiger partial charge in [0.2, 0.25) is 5.95 Å². The van der Waals surface area contributed by atoms with Crippen LogP contribution in [-0.4, -0.2) is 10.2 Å². The average Bonchev–Trinajstić information content (AvgIpc) is 2.01. The van der Waals surface area contributed by atoms with E-state index < -0.39 is 5.95 Å². The summed E-state index contributed by atoms with van der Waals surface area (Å²) in [4.78, 5) is 0. The molecule has 1 rings (SSSR count). The van der Waals surface area contributed by atoms with Crippen LogP contribution in [0, 0.1) is 11.4 Å². The van der Waals surface area contributed by atoms with Crippen molar-refractivity contribution >= 4 is 0 Å². The van der Waals surface area contributed by atoms with E-state index in [9.17, 15) is 4.39 Å². The van der Waals surface area contributed by atoms with Crippen LogP contribution in [0.2, 0.25) is 0 Å². The molecule has 0 amide bonds. The molecule has 0 aliphatic rings. The second-order valence-corrected chi connectivity index (χ2v) is 4.40. The minimum absolute atomic E-state index is 0.121. The zero-order valence-electron chi connectivity index (χ0n) is 8.50. The summed E-state index contributed by atoms with van der Waals surface area (Å²) in [6.45, 7) is 8.43. The van der Waals surface area contributed by atoms with Gasteiger partial charge in [0, 0.05) is 0 Å². The Hall–Kier alpha value is -0.990. The molecule has 1 aromatic rings. The van der Waals surface area contributed by atoms with E-state index in [1.54, 1.807) is 6.20 Å². The third kappa shape index (κ3) is 2.47. The molecule has 0 N–H and O–H groups in total. The molecule has 0 radical (unpaired) electrons. The molecule has 0 saturated carbocycles. The fourth-order valence-electron chi connectivity index (χ4n) is 1.09. The maximum absolute atomic E-state index is 12.7. The Bertz CT molecular complexity index is 291. The standard InChI is InChI=1S/C10H15FN2/c1-7(10(2,3)4)8-5-9(11)13-12-6-8/h5-7H,1-4H3. The van der Waals surface area contributed by atoms with Crippen LogP contribution in [0.25, 0.3) is 0 Å². The first-order chi connectivity index (χ1) is 5.91. The number of hydrogen-bond donors (Lipinski definition) is 0. The van der Waals surface area contributed by atoms with Gasteiger partial charge in [0.05, 0.1) is 6.20 Å². The summed E-state index contributed by atoms with van der Waals surface area (Å²) in [6, 6.07) is 1.45. The van der Waals surface area contributed by atoms with Gasteiger partial charge in [0.15, 0.2) is 0 Å². The van der Waals surface area contributed by atoms with Crippen LogP contribution in [-0.2, 0) is 0 Å². The van der Waals surface area contributed by atoms with Crippen molar-refractivity contribution < 1.29 is 4.39 Å². The molecule has 0 saturated heterocycles. The van der Waals surface area contributed by atoms with Crippen LogP contribution >= 0.6 is 0 Å². The molecule has 0 fully saturated rings. The molecule has 1 aromatic heterocycles. The van der Waals surface area contributed by atoms with E-state index in [2.05, 4.69) is 37.9 Å². The van der Waals surface area contributed by atoms with E-state index in [-0.39, 0.29) is 11.3 Å². The Morgan fingerprint density at radius 1 is 1.38 bits per heavy atom. The summed E-state index contributed by atoms with van der Waals surface area (Å²) >= 11 is 0. The fraction of sp³-hybridized carbons (Fsp3) is 0.600. The first kappa shape index (κ1) is 10.1. The SMILES string of the molecule is CC(c1cnnc(F)c1)C(C)(C)C. The van der Waals surface area contributed by atoms with Gasteiger partial charge < -0.3 is 0 Å². The van der Waals surface area contributed by atoms with Crippen molar-refractivity contribution in [1.82, 2.24) is 10.2 Å². The Morgan fingerprint density at radius 3 is 2.46 bits per heavy atom. The summed E-state index contributed by atoms with van der Waals surface area (Å²) in [5, 5.41) is 6.88. The highest BCUT2D eigenvalue weighted by Gasteiger charge is 2.22. The van der Waals surface area contributed by atoms with Gasteiger partial charge in [-0.25, -0.2) is 0 Å². The van der Waals surface area contributed by atoms with Gasteiger partial charge in [-0.1, -0.05) is 27.7 Å². The lowest BCUT2D eigenvalue weighted by molar-refractivity contribution is 0.337. The average molecular weight is 182 g/mol. The van der Waals surface area contributed by atoms with E-state index in [0.29, 0.717) is 0 Å². The Labute approximate surface area is 78.2 Å². The van der Waals surface area contributed by atoms with E-state index in [1.807, 2.05) is 0 Å². The maximum atomic E-state index is 12.7. The number of hydrogen-bond acceptors (Lipinski definition) is 2. The van der Waals surface area contributed by atoms with Crippen LogP contribution < -0.4 is 0 Å². The quantitative estimate of drug-likeness (QED) is 0.667. The van der Waals surface area contributed by atoms with Gasteiger partial charge in [-0.05, 0) is 23.0 Å². The summed E-state index contributed by atoms with van der Waals surface area (Å²) in [5.74, 6) is -0.230. The highest BCUT2D eigenvalue weighted by molar-refractivity contribution is 5.14. The van der Waals surface area contributed by atoms with Crippen LogP contribution in [0.15, 0.2) is 12.3 Å². The van der Waals surface area contributed by atoms with Gasteiger partial charge in [-0.3, -0.25) is 0 Å². The lowest BCUT2D eigenvalue weighted by Gasteiger charge is -2.26. The summed E-state index contributed by atoms with van der Waals surface area (Å²) < 4.78 is 12.7. The lowest BCUT2D eigenvalue weighted by Crippen LogP contribution is -2.15. The van der Waals surface area contributed by atoms with Crippen molar-refractivity contribution in [2.75, 3.05) is 0 Å². The monoisotopic (exact) mass is 182 g/mol. The fourth-order valence-corrected chi connectivity index (χ4v) is 1.09. The Morgan fingerprint density at radius 2 is 2.00 bits per heavy atom. The van der Waals surface area contributed by atoms with Crippen molar-refractivity contribution in [3.8, 4) is 0 Å². The number of halogens is 1. The number of nitrogens with zero attached hydrogens (tertiary/aromatic N) is 2. The van der Waals surface area contributed by atoms with Crippen molar-refractivity contribution in [3.05, 3.63) is 23.8 Å². The molecule has 0 spiro atoms. The topological polar surface area (TPSA) is 25.8 Å².